The zero-order valence-electron chi connectivity index (χ0n) is 16.5. The number of non-ortho nitro benzene ring substituents is 1. The van der Waals surface area contributed by atoms with Gasteiger partial charge in [-0.25, -0.2) is 0 Å². The lowest BCUT2D eigenvalue weighted by atomic mass is 10.1. The number of amides is 1. The highest BCUT2D eigenvalue weighted by molar-refractivity contribution is 5.96. The Morgan fingerprint density at radius 3 is 2.57 bits per heavy atom. The first-order chi connectivity index (χ1) is 13.2. The van der Waals surface area contributed by atoms with E-state index in [1.165, 1.54) is 12.1 Å². The molecule has 2 heterocycles. The van der Waals surface area contributed by atoms with Crippen LogP contribution >= 0.6 is 0 Å². The van der Waals surface area contributed by atoms with Crippen LogP contribution in [-0.4, -0.2) is 32.5 Å². The highest BCUT2D eigenvalue weighted by Crippen LogP contribution is 2.27. The van der Waals surface area contributed by atoms with E-state index in [9.17, 15) is 14.9 Å². The van der Waals surface area contributed by atoms with E-state index < -0.39 is 4.92 Å². The second-order valence-corrected chi connectivity index (χ2v) is 6.86. The van der Waals surface area contributed by atoms with Crippen LogP contribution in [0.2, 0.25) is 0 Å². The van der Waals surface area contributed by atoms with Crippen LogP contribution in [0.4, 0.5) is 5.69 Å². The van der Waals surface area contributed by atoms with E-state index in [1.807, 2.05) is 44.4 Å². The maximum Gasteiger partial charge on any atom is 0.269 e. The Bertz CT molecular complexity index is 1050. The molecule has 28 heavy (non-hydrogen) atoms. The quantitative estimate of drug-likeness (QED) is 0.488. The minimum atomic E-state index is -0.439. The van der Waals surface area contributed by atoms with Crippen molar-refractivity contribution >= 4 is 11.6 Å². The summed E-state index contributed by atoms with van der Waals surface area (Å²) in [5.74, 6) is 1.14. The molecule has 0 aliphatic heterocycles. The van der Waals surface area contributed by atoms with E-state index in [1.54, 1.807) is 24.1 Å². The first-order valence-electron chi connectivity index (χ1n) is 8.85. The average Bonchev–Trinajstić information content (AvgIpc) is 3.22. The molecule has 8 heteroatoms. The van der Waals surface area contributed by atoms with Crippen LogP contribution < -0.4 is 0 Å². The molecule has 0 aliphatic carbocycles. The number of benzene rings is 1. The van der Waals surface area contributed by atoms with Crippen molar-refractivity contribution in [2.45, 2.75) is 33.7 Å². The van der Waals surface area contributed by atoms with Gasteiger partial charge in [-0.3, -0.25) is 19.5 Å². The highest BCUT2D eigenvalue weighted by Gasteiger charge is 2.25. The lowest BCUT2D eigenvalue weighted by molar-refractivity contribution is -0.384. The van der Waals surface area contributed by atoms with Gasteiger partial charge in [0.2, 0.25) is 0 Å². The first kappa shape index (κ1) is 19.3. The number of carbonyl (C=O) groups excluding carboxylic acids is 1. The SMILES string of the molecule is Cc1cc(-n2c(C)cc(C(=O)N(C)[C@@H](C)c3cccc([N+](=O)[O-])c3)c2C)no1. The van der Waals surface area contributed by atoms with Gasteiger partial charge in [-0.2, -0.15) is 0 Å². The number of nitrogens with zero attached hydrogens (tertiary/aromatic N) is 4. The maximum absolute atomic E-state index is 13.1. The molecule has 2 aromatic heterocycles. The fourth-order valence-corrected chi connectivity index (χ4v) is 3.28. The smallest absolute Gasteiger partial charge is 0.269 e. The van der Waals surface area contributed by atoms with Gasteiger partial charge < -0.3 is 9.42 Å². The van der Waals surface area contributed by atoms with Gasteiger partial charge in [-0.1, -0.05) is 17.3 Å². The number of aryl methyl sites for hydroxylation is 2. The summed E-state index contributed by atoms with van der Waals surface area (Å²) in [6.07, 6.45) is 0. The van der Waals surface area contributed by atoms with E-state index in [4.69, 9.17) is 4.52 Å². The van der Waals surface area contributed by atoms with Crippen molar-refractivity contribution in [3.05, 3.63) is 74.8 Å². The monoisotopic (exact) mass is 382 g/mol. The number of nitro benzene ring substituents is 1. The third-order valence-electron chi connectivity index (χ3n) is 4.97. The van der Waals surface area contributed by atoms with Crippen LogP contribution in [0.15, 0.2) is 40.9 Å². The summed E-state index contributed by atoms with van der Waals surface area (Å²) in [4.78, 5) is 25.3. The number of hydrogen-bond acceptors (Lipinski definition) is 5. The summed E-state index contributed by atoms with van der Waals surface area (Å²) in [6, 6.07) is 9.64. The third kappa shape index (κ3) is 3.40. The molecule has 1 aromatic carbocycles. The summed E-state index contributed by atoms with van der Waals surface area (Å²) in [5.41, 5.74) is 2.88. The normalized spacial score (nSPS) is 12.0. The molecule has 3 rings (SSSR count). The lowest BCUT2D eigenvalue weighted by Crippen LogP contribution is -2.30. The minimum Gasteiger partial charge on any atom is -0.360 e. The van der Waals surface area contributed by atoms with Crippen LogP contribution in [0.25, 0.3) is 5.82 Å². The van der Waals surface area contributed by atoms with Crippen molar-refractivity contribution in [3.8, 4) is 5.82 Å². The van der Waals surface area contributed by atoms with Crippen molar-refractivity contribution in [3.63, 3.8) is 0 Å². The van der Waals surface area contributed by atoms with Gasteiger partial charge in [-0.05, 0) is 39.3 Å². The maximum atomic E-state index is 13.1. The van der Waals surface area contributed by atoms with Gasteiger partial charge in [0, 0.05) is 36.6 Å². The summed E-state index contributed by atoms with van der Waals surface area (Å²) in [6.45, 7) is 7.41. The number of aromatic nitrogens is 2. The van der Waals surface area contributed by atoms with Crippen LogP contribution in [-0.2, 0) is 0 Å². The zero-order valence-corrected chi connectivity index (χ0v) is 16.5. The Balaban J connectivity index is 1.91. The van der Waals surface area contributed by atoms with Gasteiger partial charge in [0.15, 0.2) is 5.82 Å². The molecule has 146 valence electrons. The van der Waals surface area contributed by atoms with Crippen LogP contribution in [0.3, 0.4) is 0 Å². The van der Waals surface area contributed by atoms with Crippen LogP contribution in [0.5, 0.6) is 0 Å². The Morgan fingerprint density at radius 2 is 1.96 bits per heavy atom. The Morgan fingerprint density at radius 1 is 1.25 bits per heavy atom. The van der Waals surface area contributed by atoms with E-state index in [-0.39, 0.29) is 17.6 Å². The van der Waals surface area contributed by atoms with Crippen LogP contribution in [0, 0.1) is 30.9 Å². The van der Waals surface area contributed by atoms with Gasteiger partial charge in [0.25, 0.3) is 11.6 Å². The molecule has 0 spiro atoms. The van der Waals surface area contributed by atoms with Crippen molar-refractivity contribution in [2.75, 3.05) is 7.05 Å². The van der Waals surface area contributed by atoms with Crippen LogP contribution in [0.1, 0.15) is 46.0 Å². The van der Waals surface area contributed by atoms with Gasteiger partial charge in [0.1, 0.15) is 5.76 Å². The predicted molar refractivity (Wildman–Crippen MR) is 104 cm³/mol. The minimum absolute atomic E-state index is 0.00442. The molecule has 0 bridgehead atoms. The molecule has 0 aliphatic rings. The Kier molecular flexibility index (Phi) is 5.04. The molecule has 0 N–H and O–H groups in total. The molecule has 1 atom stereocenters. The second-order valence-electron chi connectivity index (χ2n) is 6.86. The van der Waals surface area contributed by atoms with Crippen molar-refractivity contribution in [1.29, 1.82) is 0 Å². The molecule has 3 aromatic rings. The topological polar surface area (TPSA) is 94.4 Å². The summed E-state index contributed by atoms with van der Waals surface area (Å²) >= 11 is 0. The molecule has 1 amide bonds. The molecular formula is C20H22N4O4. The van der Waals surface area contributed by atoms with E-state index in [2.05, 4.69) is 5.16 Å². The molecule has 8 nitrogen and oxygen atoms in total. The standard InChI is InChI=1S/C20H22N4O4/c1-12-9-18(15(4)23(12)19-10-13(2)28-21-19)20(25)22(5)14(3)16-7-6-8-17(11-16)24(26)27/h6-11,14H,1-5H3/t14-/m0/s1. The van der Waals surface area contributed by atoms with E-state index in [0.29, 0.717) is 22.7 Å². The molecule has 0 unspecified atom stereocenters. The van der Waals surface area contributed by atoms with Gasteiger partial charge in [-0.15, -0.1) is 0 Å². The molecular weight excluding hydrogens is 360 g/mol. The van der Waals surface area contributed by atoms with E-state index in [0.717, 1.165) is 11.4 Å². The number of rotatable bonds is 5. The zero-order chi connectivity index (χ0) is 20.6. The largest absolute Gasteiger partial charge is 0.360 e. The molecule has 0 saturated carbocycles. The fraction of sp³-hybridized carbons (Fsp3) is 0.300. The Hall–Kier alpha value is -3.42. The van der Waals surface area contributed by atoms with E-state index >= 15 is 0 Å². The predicted octanol–water partition coefficient (Wildman–Crippen LogP) is 4.13. The van der Waals surface area contributed by atoms with Crippen molar-refractivity contribution in [1.82, 2.24) is 14.6 Å². The third-order valence-corrected chi connectivity index (χ3v) is 4.97. The summed E-state index contributed by atoms with van der Waals surface area (Å²) in [5, 5.41) is 15.1. The van der Waals surface area contributed by atoms with Gasteiger partial charge >= 0.3 is 0 Å². The number of hydrogen-bond donors (Lipinski definition) is 0. The van der Waals surface area contributed by atoms with Gasteiger partial charge in [0.05, 0.1) is 16.5 Å². The number of carbonyl (C=O) groups is 1. The lowest BCUT2D eigenvalue weighted by Gasteiger charge is -2.25. The summed E-state index contributed by atoms with van der Waals surface area (Å²) in [7, 11) is 1.69. The molecule has 0 fully saturated rings. The Labute approximate surface area is 162 Å². The first-order valence-corrected chi connectivity index (χ1v) is 8.85. The van der Waals surface area contributed by atoms with Crippen molar-refractivity contribution < 1.29 is 14.2 Å². The van der Waals surface area contributed by atoms with Crippen molar-refractivity contribution in [2.24, 2.45) is 0 Å². The average molecular weight is 382 g/mol. The summed E-state index contributed by atoms with van der Waals surface area (Å²) < 4.78 is 7.02. The second kappa shape index (κ2) is 7.30. The molecule has 0 saturated heterocycles. The fourth-order valence-electron chi connectivity index (χ4n) is 3.28. The highest BCUT2D eigenvalue weighted by atomic mass is 16.6. The number of nitro groups is 1. The molecule has 0 radical (unpaired) electrons.